The number of allylic oxidation sites excluding steroid dienone is 2. The lowest BCUT2D eigenvalue weighted by Crippen LogP contribution is -2.16. The fourth-order valence-electron chi connectivity index (χ4n) is 2.79. The Bertz CT molecular complexity index is 782. The highest BCUT2D eigenvalue weighted by Gasteiger charge is 2.19. The average molecular weight is 365 g/mol. The maximum atomic E-state index is 11.7. The Morgan fingerprint density at radius 3 is 2.58 bits per heavy atom. The largest absolute Gasteiger partial charge is 0.465 e. The standard InChI is InChI=1S/C22H23NO2S/c1-25-22(24)21-9-5-8-20(26-21)19-12-10-18(11-13-19)16-23-15-14-17-6-3-2-4-7-17/h2-13,20,23H,14-16H2,1H3. The fraction of sp³-hybridized carbons (Fsp3) is 0.227. The minimum Gasteiger partial charge on any atom is -0.465 e. The van der Waals surface area contributed by atoms with Gasteiger partial charge in [-0.15, -0.1) is 11.8 Å². The van der Waals surface area contributed by atoms with E-state index in [1.54, 1.807) is 6.08 Å². The number of esters is 1. The van der Waals surface area contributed by atoms with E-state index < -0.39 is 0 Å². The van der Waals surface area contributed by atoms with Gasteiger partial charge in [0.05, 0.1) is 17.3 Å². The number of rotatable bonds is 7. The number of nitrogens with one attached hydrogen (secondary N) is 1. The van der Waals surface area contributed by atoms with Gasteiger partial charge < -0.3 is 10.1 Å². The number of carbonyl (C=O) groups excluding carboxylic acids is 1. The van der Waals surface area contributed by atoms with E-state index in [1.807, 2.05) is 12.1 Å². The summed E-state index contributed by atoms with van der Waals surface area (Å²) in [6.07, 6.45) is 6.86. The van der Waals surface area contributed by atoms with Crippen LogP contribution in [0.25, 0.3) is 0 Å². The van der Waals surface area contributed by atoms with Crippen LogP contribution in [-0.2, 0) is 22.5 Å². The molecule has 26 heavy (non-hydrogen) atoms. The van der Waals surface area contributed by atoms with Gasteiger partial charge in [0, 0.05) is 6.54 Å². The van der Waals surface area contributed by atoms with Crippen LogP contribution < -0.4 is 5.32 Å². The molecular weight excluding hydrogens is 342 g/mol. The Hall–Kier alpha value is -2.30. The molecule has 2 aromatic rings. The lowest BCUT2D eigenvalue weighted by molar-refractivity contribution is -0.135. The number of hydrogen-bond acceptors (Lipinski definition) is 4. The first-order chi connectivity index (χ1) is 12.8. The van der Waals surface area contributed by atoms with E-state index in [9.17, 15) is 4.79 Å². The van der Waals surface area contributed by atoms with Crippen LogP contribution in [0.5, 0.6) is 0 Å². The zero-order chi connectivity index (χ0) is 18.2. The van der Waals surface area contributed by atoms with E-state index >= 15 is 0 Å². The molecule has 0 saturated carbocycles. The van der Waals surface area contributed by atoms with Crippen molar-refractivity contribution >= 4 is 17.7 Å². The molecule has 3 rings (SSSR count). The number of benzene rings is 2. The van der Waals surface area contributed by atoms with Crippen molar-refractivity contribution < 1.29 is 9.53 Å². The molecule has 1 atom stereocenters. The summed E-state index contributed by atoms with van der Waals surface area (Å²) >= 11 is 1.53. The zero-order valence-corrected chi connectivity index (χ0v) is 15.7. The topological polar surface area (TPSA) is 38.3 Å². The van der Waals surface area contributed by atoms with Crippen LogP contribution in [0.15, 0.2) is 77.7 Å². The Kier molecular flexibility index (Phi) is 6.69. The first kappa shape index (κ1) is 18.5. The molecule has 1 unspecified atom stereocenters. The maximum Gasteiger partial charge on any atom is 0.344 e. The highest BCUT2D eigenvalue weighted by atomic mass is 32.2. The van der Waals surface area contributed by atoms with Crippen molar-refractivity contribution in [1.82, 2.24) is 5.32 Å². The van der Waals surface area contributed by atoms with Crippen LogP contribution in [0.4, 0.5) is 0 Å². The quantitative estimate of drug-likeness (QED) is 0.582. The second-order valence-electron chi connectivity index (χ2n) is 6.10. The van der Waals surface area contributed by atoms with Crippen molar-refractivity contribution in [3.8, 4) is 0 Å². The summed E-state index contributed by atoms with van der Waals surface area (Å²) in [6.45, 7) is 1.81. The third kappa shape index (κ3) is 5.10. The molecule has 0 aliphatic carbocycles. The van der Waals surface area contributed by atoms with Gasteiger partial charge in [0.15, 0.2) is 0 Å². The molecule has 2 aromatic carbocycles. The molecule has 1 aliphatic rings. The second kappa shape index (κ2) is 9.41. The summed E-state index contributed by atoms with van der Waals surface area (Å²) in [5.74, 6) is -0.274. The van der Waals surface area contributed by atoms with Gasteiger partial charge in [-0.1, -0.05) is 66.7 Å². The molecule has 4 heteroatoms. The summed E-state index contributed by atoms with van der Waals surface area (Å²) in [4.78, 5) is 12.3. The van der Waals surface area contributed by atoms with E-state index in [0.29, 0.717) is 4.91 Å². The van der Waals surface area contributed by atoms with Crippen LogP contribution in [-0.4, -0.2) is 19.6 Å². The first-order valence-corrected chi connectivity index (χ1v) is 9.61. The molecule has 0 spiro atoms. The molecule has 134 valence electrons. The molecule has 1 heterocycles. The van der Waals surface area contributed by atoms with Gasteiger partial charge in [0.1, 0.15) is 0 Å². The van der Waals surface area contributed by atoms with E-state index in [4.69, 9.17) is 4.74 Å². The van der Waals surface area contributed by atoms with Crippen LogP contribution in [0, 0.1) is 0 Å². The SMILES string of the molecule is COC(=O)C1=CC=CC(c2ccc(CNCCc3ccccc3)cc2)S1. The highest BCUT2D eigenvalue weighted by molar-refractivity contribution is 8.04. The molecule has 1 aliphatic heterocycles. The molecule has 0 saturated heterocycles. The van der Waals surface area contributed by atoms with Gasteiger partial charge in [0.2, 0.25) is 0 Å². The minimum absolute atomic E-state index is 0.147. The van der Waals surface area contributed by atoms with Gasteiger partial charge in [-0.05, 0) is 35.7 Å². The second-order valence-corrected chi connectivity index (χ2v) is 7.28. The van der Waals surface area contributed by atoms with E-state index in [-0.39, 0.29) is 11.2 Å². The van der Waals surface area contributed by atoms with Crippen molar-refractivity contribution in [2.75, 3.05) is 13.7 Å². The highest BCUT2D eigenvalue weighted by Crippen LogP contribution is 2.39. The van der Waals surface area contributed by atoms with Gasteiger partial charge in [-0.25, -0.2) is 4.79 Å². The molecule has 0 amide bonds. The summed E-state index contributed by atoms with van der Waals surface area (Å²) in [5, 5.41) is 3.64. The molecule has 1 N–H and O–H groups in total. The minimum atomic E-state index is -0.274. The van der Waals surface area contributed by atoms with E-state index in [1.165, 1.54) is 35.6 Å². The lowest BCUT2D eigenvalue weighted by Gasteiger charge is -2.17. The molecular formula is C22H23NO2S. The molecule has 0 fully saturated rings. The van der Waals surface area contributed by atoms with Gasteiger partial charge >= 0.3 is 5.97 Å². The molecule has 0 bridgehead atoms. The fourth-order valence-corrected chi connectivity index (χ4v) is 3.86. The molecule has 0 radical (unpaired) electrons. The predicted octanol–water partition coefficient (Wildman–Crippen LogP) is 4.42. The average Bonchev–Trinajstić information content (AvgIpc) is 2.72. The number of methoxy groups -OCH3 is 1. The Labute approximate surface area is 159 Å². The lowest BCUT2D eigenvalue weighted by atomic mass is 10.1. The van der Waals surface area contributed by atoms with Crippen molar-refractivity contribution in [1.29, 1.82) is 0 Å². The number of carbonyl (C=O) groups is 1. The van der Waals surface area contributed by atoms with Gasteiger partial charge in [-0.3, -0.25) is 0 Å². The van der Waals surface area contributed by atoms with Crippen LogP contribution >= 0.6 is 11.8 Å². The van der Waals surface area contributed by atoms with Crippen LogP contribution in [0.3, 0.4) is 0 Å². The number of hydrogen-bond donors (Lipinski definition) is 1. The monoisotopic (exact) mass is 365 g/mol. The van der Waals surface area contributed by atoms with Gasteiger partial charge in [-0.2, -0.15) is 0 Å². The van der Waals surface area contributed by atoms with E-state index in [2.05, 4.69) is 59.9 Å². The number of ether oxygens (including phenoxy) is 1. The van der Waals surface area contributed by atoms with Crippen LogP contribution in [0.2, 0.25) is 0 Å². The smallest absolute Gasteiger partial charge is 0.344 e. The van der Waals surface area contributed by atoms with Crippen molar-refractivity contribution in [3.63, 3.8) is 0 Å². The summed E-state index contributed by atoms with van der Waals surface area (Å²) in [7, 11) is 1.41. The Morgan fingerprint density at radius 1 is 1.08 bits per heavy atom. The van der Waals surface area contributed by atoms with E-state index in [0.717, 1.165) is 19.5 Å². The summed E-state index contributed by atoms with van der Waals surface area (Å²) in [5.41, 5.74) is 3.80. The van der Waals surface area contributed by atoms with Gasteiger partial charge in [0.25, 0.3) is 0 Å². The third-order valence-corrected chi connectivity index (χ3v) is 5.48. The van der Waals surface area contributed by atoms with Crippen molar-refractivity contribution in [3.05, 3.63) is 94.4 Å². The summed E-state index contributed by atoms with van der Waals surface area (Å²) in [6, 6.07) is 19.1. The zero-order valence-electron chi connectivity index (χ0n) is 14.9. The van der Waals surface area contributed by atoms with Crippen molar-refractivity contribution in [2.24, 2.45) is 0 Å². The first-order valence-electron chi connectivity index (χ1n) is 8.73. The van der Waals surface area contributed by atoms with Crippen LogP contribution in [0.1, 0.15) is 21.9 Å². The normalized spacial score (nSPS) is 16.2. The predicted molar refractivity (Wildman–Crippen MR) is 108 cm³/mol. The molecule has 0 aromatic heterocycles. The maximum absolute atomic E-state index is 11.7. The third-order valence-electron chi connectivity index (χ3n) is 4.24. The van der Waals surface area contributed by atoms with Crippen molar-refractivity contribution in [2.45, 2.75) is 18.2 Å². The summed E-state index contributed by atoms with van der Waals surface area (Å²) < 4.78 is 4.81. The Balaban J connectivity index is 1.48. The Morgan fingerprint density at radius 2 is 1.85 bits per heavy atom. The molecule has 3 nitrogen and oxygen atoms in total. The number of thioether (sulfide) groups is 1.